The maximum atomic E-state index is 8.87. The van der Waals surface area contributed by atoms with Gasteiger partial charge in [0, 0.05) is 13.0 Å². The molecule has 0 saturated heterocycles. The molecule has 1 rings (SSSR count). The molecule has 1 aliphatic rings. The van der Waals surface area contributed by atoms with Gasteiger partial charge in [0.05, 0.1) is 18.6 Å². The second-order valence-electron chi connectivity index (χ2n) is 3.60. The van der Waals surface area contributed by atoms with Gasteiger partial charge in [0.1, 0.15) is 0 Å². The van der Waals surface area contributed by atoms with Gasteiger partial charge in [0.25, 0.3) is 0 Å². The molecule has 1 saturated carbocycles. The first-order valence-corrected chi connectivity index (χ1v) is 4.72. The lowest BCUT2D eigenvalue weighted by Gasteiger charge is -2.18. The Bertz CT molecular complexity index is 173. The third kappa shape index (κ3) is 1.78. The maximum absolute atomic E-state index is 8.87. The topological polar surface area (TPSA) is 33.0 Å². The molecule has 3 atom stereocenters. The van der Waals surface area contributed by atoms with Crippen molar-refractivity contribution >= 4 is 0 Å². The van der Waals surface area contributed by atoms with E-state index in [0.29, 0.717) is 5.92 Å². The fourth-order valence-electron chi connectivity index (χ4n) is 2.26. The van der Waals surface area contributed by atoms with Crippen LogP contribution in [-0.2, 0) is 4.74 Å². The predicted octanol–water partition coefficient (Wildman–Crippen LogP) is 2.21. The van der Waals surface area contributed by atoms with Gasteiger partial charge in [-0.1, -0.05) is 13.3 Å². The third-order valence-electron chi connectivity index (χ3n) is 3.02. The SMILES string of the molecule is CCC1CCC(C#N)C1COC. The Hall–Kier alpha value is -0.550. The van der Waals surface area contributed by atoms with E-state index in [1.165, 1.54) is 12.8 Å². The molecule has 12 heavy (non-hydrogen) atoms. The molecule has 68 valence electrons. The molecule has 0 spiro atoms. The lowest BCUT2D eigenvalue weighted by molar-refractivity contribution is 0.119. The lowest BCUT2D eigenvalue weighted by Crippen LogP contribution is -2.18. The molecule has 2 heteroatoms. The molecular weight excluding hydrogens is 150 g/mol. The summed E-state index contributed by atoms with van der Waals surface area (Å²) in [5, 5.41) is 8.87. The van der Waals surface area contributed by atoms with Gasteiger partial charge in [0.2, 0.25) is 0 Å². The molecule has 0 amide bonds. The maximum Gasteiger partial charge on any atom is 0.0659 e. The first-order valence-electron chi connectivity index (χ1n) is 4.72. The molecule has 0 aromatic heterocycles. The van der Waals surface area contributed by atoms with Gasteiger partial charge in [0.15, 0.2) is 0 Å². The van der Waals surface area contributed by atoms with Crippen LogP contribution in [-0.4, -0.2) is 13.7 Å². The quantitative estimate of drug-likeness (QED) is 0.645. The second-order valence-corrected chi connectivity index (χ2v) is 3.60. The van der Waals surface area contributed by atoms with Crippen molar-refractivity contribution in [2.45, 2.75) is 26.2 Å². The zero-order valence-electron chi connectivity index (χ0n) is 7.92. The zero-order valence-corrected chi connectivity index (χ0v) is 7.92. The van der Waals surface area contributed by atoms with Crippen molar-refractivity contribution in [1.29, 1.82) is 5.26 Å². The number of rotatable bonds is 3. The molecule has 0 bridgehead atoms. The monoisotopic (exact) mass is 167 g/mol. The van der Waals surface area contributed by atoms with Gasteiger partial charge in [-0.05, 0) is 18.8 Å². The highest BCUT2D eigenvalue weighted by Crippen LogP contribution is 2.38. The fourth-order valence-corrected chi connectivity index (χ4v) is 2.26. The van der Waals surface area contributed by atoms with Gasteiger partial charge < -0.3 is 4.74 Å². The molecule has 2 nitrogen and oxygen atoms in total. The van der Waals surface area contributed by atoms with Crippen LogP contribution < -0.4 is 0 Å². The van der Waals surface area contributed by atoms with E-state index in [0.717, 1.165) is 18.9 Å². The van der Waals surface area contributed by atoms with Gasteiger partial charge in [-0.2, -0.15) is 5.26 Å². The summed E-state index contributed by atoms with van der Waals surface area (Å²) >= 11 is 0. The summed E-state index contributed by atoms with van der Waals surface area (Å²) < 4.78 is 5.14. The average Bonchev–Trinajstić information content (AvgIpc) is 2.48. The molecule has 0 heterocycles. The predicted molar refractivity (Wildman–Crippen MR) is 47.5 cm³/mol. The summed E-state index contributed by atoms with van der Waals surface area (Å²) in [6, 6.07) is 2.38. The fraction of sp³-hybridized carbons (Fsp3) is 0.900. The number of nitrogens with zero attached hydrogens (tertiary/aromatic N) is 1. The minimum absolute atomic E-state index is 0.245. The molecule has 0 radical (unpaired) electrons. The minimum atomic E-state index is 0.245. The summed E-state index contributed by atoms with van der Waals surface area (Å²) in [7, 11) is 1.72. The van der Waals surface area contributed by atoms with Crippen LogP contribution in [0.5, 0.6) is 0 Å². The highest BCUT2D eigenvalue weighted by atomic mass is 16.5. The summed E-state index contributed by atoms with van der Waals surface area (Å²) in [6.07, 6.45) is 3.47. The molecule has 0 aromatic carbocycles. The first kappa shape index (κ1) is 9.54. The Balaban J connectivity index is 2.54. The summed E-state index contributed by atoms with van der Waals surface area (Å²) in [5.74, 6) is 1.45. The van der Waals surface area contributed by atoms with Gasteiger partial charge in [-0.25, -0.2) is 0 Å². The highest BCUT2D eigenvalue weighted by Gasteiger charge is 2.34. The Morgan fingerprint density at radius 1 is 1.50 bits per heavy atom. The normalized spacial score (nSPS) is 34.9. The van der Waals surface area contributed by atoms with Crippen LogP contribution in [0.2, 0.25) is 0 Å². The summed E-state index contributed by atoms with van der Waals surface area (Å²) in [5.41, 5.74) is 0. The summed E-state index contributed by atoms with van der Waals surface area (Å²) in [4.78, 5) is 0. The number of methoxy groups -OCH3 is 1. The van der Waals surface area contributed by atoms with E-state index in [9.17, 15) is 0 Å². The number of nitriles is 1. The smallest absolute Gasteiger partial charge is 0.0659 e. The van der Waals surface area contributed by atoms with Crippen LogP contribution in [0.25, 0.3) is 0 Å². The molecule has 0 aliphatic heterocycles. The van der Waals surface area contributed by atoms with E-state index in [-0.39, 0.29) is 5.92 Å². The molecule has 1 aliphatic carbocycles. The van der Waals surface area contributed by atoms with Crippen LogP contribution in [0.4, 0.5) is 0 Å². The molecule has 1 fully saturated rings. The van der Waals surface area contributed by atoms with E-state index in [1.807, 2.05) is 0 Å². The molecule has 0 N–H and O–H groups in total. The Morgan fingerprint density at radius 2 is 2.25 bits per heavy atom. The van der Waals surface area contributed by atoms with E-state index in [1.54, 1.807) is 7.11 Å². The van der Waals surface area contributed by atoms with Crippen LogP contribution in [0.1, 0.15) is 26.2 Å². The Kier molecular flexibility index (Phi) is 3.55. The van der Waals surface area contributed by atoms with Gasteiger partial charge >= 0.3 is 0 Å². The van der Waals surface area contributed by atoms with Crippen LogP contribution in [0.3, 0.4) is 0 Å². The molecule has 0 aromatic rings. The molecular formula is C10H17NO. The van der Waals surface area contributed by atoms with E-state index < -0.39 is 0 Å². The lowest BCUT2D eigenvalue weighted by atomic mass is 9.89. The standard InChI is InChI=1S/C10H17NO/c1-3-8-4-5-9(6-11)10(8)7-12-2/h8-10H,3-5,7H2,1-2H3. The first-order chi connectivity index (χ1) is 5.83. The van der Waals surface area contributed by atoms with E-state index in [4.69, 9.17) is 10.00 Å². The third-order valence-corrected chi connectivity index (χ3v) is 3.02. The van der Waals surface area contributed by atoms with Crippen LogP contribution in [0.15, 0.2) is 0 Å². The Morgan fingerprint density at radius 3 is 2.75 bits per heavy atom. The van der Waals surface area contributed by atoms with Crippen molar-refractivity contribution in [1.82, 2.24) is 0 Å². The van der Waals surface area contributed by atoms with Crippen molar-refractivity contribution in [2.24, 2.45) is 17.8 Å². The van der Waals surface area contributed by atoms with Gasteiger partial charge in [-0.3, -0.25) is 0 Å². The van der Waals surface area contributed by atoms with Crippen molar-refractivity contribution in [3.05, 3.63) is 0 Å². The zero-order chi connectivity index (χ0) is 8.97. The van der Waals surface area contributed by atoms with E-state index >= 15 is 0 Å². The average molecular weight is 167 g/mol. The van der Waals surface area contributed by atoms with Crippen LogP contribution in [0, 0.1) is 29.1 Å². The second kappa shape index (κ2) is 4.47. The van der Waals surface area contributed by atoms with Crippen molar-refractivity contribution in [3.8, 4) is 6.07 Å². The minimum Gasteiger partial charge on any atom is -0.384 e. The highest BCUT2D eigenvalue weighted by molar-refractivity contribution is 4.95. The van der Waals surface area contributed by atoms with Crippen molar-refractivity contribution in [2.75, 3.05) is 13.7 Å². The van der Waals surface area contributed by atoms with Crippen molar-refractivity contribution < 1.29 is 4.74 Å². The largest absolute Gasteiger partial charge is 0.384 e. The molecule has 3 unspecified atom stereocenters. The number of ether oxygens (including phenoxy) is 1. The number of hydrogen-bond acceptors (Lipinski definition) is 2. The van der Waals surface area contributed by atoms with Crippen molar-refractivity contribution in [3.63, 3.8) is 0 Å². The van der Waals surface area contributed by atoms with E-state index in [2.05, 4.69) is 13.0 Å². The van der Waals surface area contributed by atoms with Crippen LogP contribution >= 0.6 is 0 Å². The number of hydrogen-bond donors (Lipinski definition) is 0. The Labute approximate surface area is 74.5 Å². The summed E-state index contributed by atoms with van der Waals surface area (Å²) in [6.45, 7) is 2.96. The van der Waals surface area contributed by atoms with Gasteiger partial charge in [-0.15, -0.1) is 0 Å².